The molecule has 118 valence electrons. The Morgan fingerprint density at radius 2 is 1.65 bits per heavy atom. The van der Waals surface area contributed by atoms with Crippen molar-refractivity contribution in [3.63, 3.8) is 0 Å². The molecule has 1 aliphatic heterocycles. The van der Waals surface area contributed by atoms with E-state index in [1.807, 2.05) is 42.5 Å². The van der Waals surface area contributed by atoms with Crippen molar-refractivity contribution in [1.82, 2.24) is 0 Å². The zero-order valence-corrected chi connectivity index (χ0v) is 14.1. The Labute approximate surface area is 146 Å². The number of hydrogen-bond acceptors (Lipinski definition) is 2. The van der Waals surface area contributed by atoms with Crippen LogP contribution in [0.5, 0.6) is 0 Å². The summed E-state index contributed by atoms with van der Waals surface area (Å²) in [6.07, 6.45) is 1.23. The van der Waals surface area contributed by atoms with Gasteiger partial charge >= 0.3 is 0 Å². The SMILES string of the molecule is OC1(C#Cc2cccc(Cl)c2)CCN(c2ccc(Cl)cc2)CC1. The van der Waals surface area contributed by atoms with E-state index in [0.717, 1.165) is 29.4 Å². The van der Waals surface area contributed by atoms with E-state index in [-0.39, 0.29) is 0 Å². The molecule has 0 saturated carbocycles. The van der Waals surface area contributed by atoms with E-state index in [9.17, 15) is 5.11 Å². The number of anilines is 1. The van der Waals surface area contributed by atoms with Crippen LogP contribution >= 0.6 is 23.2 Å². The van der Waals surface area contributed by atoms with Crippen molar-refractivity contribution in [3.05, 3.63) is 64.1 Å². The maximum absolute atomic E-state index is 10.7. The molecule has 1 N–H and O–H groups in total. The minimum atomic E-state index is -0.939. The molecule has 0 unspecified atom stereocenters. The number of benzene rings is 2. The number of nitrogens with zero attached hydrogens (tertiary/aromatic N) is 1. The van der Waals surface area contributed by atoms with E-state index < -0.39 is 5.60 Å². The van der Waals surface area contributed by atoms with Gasteiger partial charge in [0.05, 0.1) is 0 Å². The van der Waals surface area contributed by atoms with E-state index in [2.05, 4.69) is 16.7 Å². The summed E-state index contributed by atoms with van der Waals surface area (Å²) >= 11 is 11.9. The predicted molar refractivity (Wildman–Crippen MR) is 96.2 cm³/mol. The van der Waals surface area contributed by atoms with Crippen molar-refractivity contribution in [1.29, 1.82) is 0 Å². The monoisotopic (exact) mass is 345 g/mol. The summed E-state index contributed by atoms with van der Waals surface area (Å²) < 4.78 is 0. The fourth-order valence-corrected chi connectivity index (χ4v) is 2.98. The first-order valence-electron chi connectivity index (χ1n) is 7.56. The van der Waals surface area contributed by atoms with Crippen LogP contribution in [0.25, 0.3) is 0 Å². The molecule has 2 nitrogen and oxygen atoms in total. The Bertz CT molecular complexity index is 738. The number of hydrogen-bond donors (Lipinski definition) is 1. The molecule has 1 saturated heterocycles. The molecule has 3 rings (SSSR count). The Morgan fingerprint density at radius 3 is 2.30 bits per heavy atom. The maximum Gasteiger partial charge on any atom is 0.129 e. The van der Waals surface area contributed by atoms with Crippen molar-refractivity contribution in [3.8, 4) is 11.8 Å². The van der Waals surface area contributed by atoms with Gasteiger partial charge in [-0.25, -0.2) is 0 Å². The second kappa shape index (κ2) is 6.84. The van der Waals surface area contributed by atoms with Crippen molar-refractivity contribution in [2.45, 2.75) is 18.4 Å². The third-order valence-electron chi connectivity index (χ3n) is 4.05. The number of aliphatic hydroxyl groups is 1. The smallest absolute Gasteiger partial charge is 0.129 e. The van der Waals surface area contributed by atoms with Gasteiger partial charge in [0, 0.05) is 47.2 Å². The van der Waals surface area contributed by atoms with Gasteiger partial charge in [-0.3, -0.25) is 0 Å². The van der Waals surface area contributed by atoms with Crippen LogP contribution in [0.4, 0.5) is 5.69 Å². The second-order valence-corrected chi connectivity index (χ2v) is 6.63. The van der Waals surface area contributed by atoms with Crippen LogP contribution in [0, 0.1) is 11.8 Å². The van der Waals surface area contributed by atoms with E-state index in [1.165, 1.54) is 0 Å². The van der Waals surface area contributed by atoms with Gasteiger partial charge in [-0.1, -0.05) is 41.1 Å². The topological polar surface area (TPSA) is 23.5 Å². The Balaban J connectivity index is 1.67. The molecule has 0 spiro atoms. The highest BCUT2D eigenvalue weighted by Gasteiger charge is 2.30. The molecular formula is C19H17Cl2NO. The summed E-state index contributed by atoms with van der Waals surface area (Å²) in [5, 5.41) is 12.0. The Hall–Kier alpha value is -1.66. The number of halogens is 2. The van der Waals surface area contributed by atoms with Crippen LogP contribution < -0.4 is 4.90 Å². The molecule has 1 heterocycles. The molecule has 4 heteroatoms. The van der Waals surface area contributed by atoms with Crippen LogP contribution in [0.3, 0.4) is 0 Å². The van der Waals surface area contributed by atoms with Crippen molar-refractivity contribution in [2.24, 2.45) is 0 Å². The molecule has 0 amide bonds. The van der Waals surface area contributed by atoms with Gasteiger partial charge in [-0.15, -0.1) is 0 Å². The molecule has 2 aromatic carbocycles. The fraction of sp³-hybridized carbons (Fsp3) is 0.263. The summed E-state index contributed by atoms with van der Waals surface area (Å²) in [6.45, 7) is 1.53. The first kappa shape index (κ1) is 16.2. The summed E-state index contributed by atoms with van der Waals surface area (Å²) in [5.74, 6) is 6.06. The van der Waals surface area contributed by atoms with Crippen LogP contribution in [-0.2, 0) is 0 Å². The average molecular weight is 346 g/mol. The van der Waals surface area contributed by atoms with Crippen molar-refractivity contribution >= 4 is 28.9 Å². The normalized spacial score (nSPS) is 16.6. The van der Waals surface area contributed by atoms with E-state index >= 15 is 0 Å². The largest absolute Gasteiger partial charge is 0.377 e. The Kier molecular flexibility index (Phi) is 4.82. The quantitative estimate of drug-likeness (QED) is 0.775. The molecule has 0 aliphatic carbocycles. The molecular weight excluding hydrogens is 329 g/mol. The summed E-state index contributed by atoms with van der Waals surface area (Å²) in [5.41, 5.74) is 1.01. The highest BCUT2D eigenvalue weighted by molar-refractivity contribution is 6.30. The van der Waals surface area contributed by atoms with Gasteiger partial charge in [0.1, 0.15) is 5.60 Å². The second-order valence-electron chi connectivity index (χ2n) is 5.76. The molecule has 0 radical (unpaired) electrons. The lowest BCUT2D eigenvalue weighted by atomic mass is 9.91. The first-order chi connectivity index (χ1) is 11.0. The minimum absolute atomic E-state index is 0.614. The molecule has 1 fully saturated rings. The van der Waals surface area contributed by atoms with Crippen LogP contribution in [0.2, 0.25) is 10.0 Å². The van der Waals surface area contributed by atoms with E-state index in [0.29, 0.717) is 17.9 Å². The summed E-state index contributed by atoms with van der Waals surface area (Å²) in [6, 6.07) is 15.2. The highest BCUT2D eigenvalue weighted by Crippen LogP contribution is 2.27. The number of rotatable bonds is 1. The van der Waals surface area contributed by atoms with Gasteiger partial charge in [0.25, 0.3) is 0 Å². The highest BCUT2D eigenvalue weighted by atomic mass is 35.5. The van der Waals surface area contributed by atoms with E-state index in [1.54, 1.807) is 6.07 Å². The lowest BCUT2D eigenvalue weighted by Gasteiger charge is -2.36. The van der Waals surface area contributed by atoms with Gasteiger partial charge < -0.3 is 10.0 Å². The molecule has 23 heavy (non-hydrogen) atoms. The fourth-order valence-electron chi connectivity index (χ4n) is 2.67. The van der Waals surface area contributed by atoms with Crippen LogP contribution in [0.15, 0.2) is 48.5 Å². The predicted octanol–water partition coefficient (Wildman–Crippen LogP) is 4.38. The van der Waals surface area contributed by atoms with E-state index in [4.69, 9.17) is 23.2 Å². The standard InChI is InChI=1S/C19H17Cl2NO/c20-16-4-6-18(7-5-16)22-12-10-19(23,11-13-22)9-8-15-2-1-3-17(21)14-15/h1-7,14,23H,10-13H2. The third-order valence-corrected chi connectivity index (χ3v) is 4.53. The van der Waals surface area contributed by atoms with Gasteiger partial charge in [-0.05, 0) is 42.5 Å². The summed E-state index contributed by atoms with van der Waals surface area (Å²) in [4.78, 5) is 2.24. The molecule has 0 bridgehead atoms. The van der Waals surface area contributed by atoms with Crippen LogP contribution in [0.1, 0.15) is 18.4 Å². The lowest BCUT2D eigenvalue weighted by molar-refractivity contribution is 0.0746. The number of piperidine rings is 1. The molecule has 0 atom stereocenters. The molecule has 0 aromatic heterocycles. The van der Waals surface area contributed by atoms with Gasteiger partial charge in [0.15, 0.2) is 0 Å². The first-order valence-corrected chi connectivity index (χ1v) is 8.31. The lowest BCUT2D eigenvalue weighted by Crippen LogP contribution is -2.43. The minimum Gasteiger partial charge on any atom is -0.377 e. The van der Waals surface area contributed by atoms with Crippen molar-refractivity contribution in [2.75, 3.05) is 18.0 Å². The molecule has 2 aromatic rings. The van der Waals surface area contributed by atoms with Gasteiger partial charge in [0.2, 0.25) is 0 Å². The maximum atomic E-state index is 10.7. The molecule has 1 aliphatic rings. The third kappa shape index (κ3) is 4.20. The van der Waals surface area contributed by atoms with Gasteiger partial charge in [-0.2, -0.15) is 0 Å². The summed E-state index contributed by atoms with van der Waals surface area (Å²) in [7, 11) is 0. The zero-order valence-electron chi connectivity index (χ0n) is 12.6. The van der Waals surface area contributed by atoms with Crippen molar-refractivity contribution < 1.29 is 5.11 Å². The van der Waals surface area contributed by atoms with Crippen LogP contribution in [-0.4, -0.2) is 23.8 Å². The Morgan fingerprint density at radius 1 is 0.957 bits per heavy atom. The average Bonchev–Trinajstić information content (AvgIpc) is 2.55. The zero-order chi connectivity index (χ0) is 16.3.